The zero-order chi connectivity index (χ0) is 14.7. The Balaban J connectivity index is 2.30. The smallest absolute Gasteiger partial charge is 0.320 e. The Morgan fingerprint density at radius 3 is 2.60 bits per heavy atom. The normalized spacial score (nSPS) is 14.4. The van der Waals surface area contributed by atoms with Crippen molar-refractivity contribution >= 4 is 28.9 Å². The topological polar surface area (TPSA) is 62.5 Å². The van der Waals surface area contributed by atoms with E-state index in [4.69, 9.17) is 16.0 Å². The van der Waals surface area contributed by atoms with Crippen LogP contribution in [-0.2, 0) is 4.79 Å². The van der Waals surface area contributed by atoms with E-state index in [2.05, 4.69) is 5.32 Å². The molecule has 2 aromatic heterocycles. The third-order valence-electron chi connectivity index (χ3n) is 2.99. The third kappa shape index (κ3) is 3.42. The Labute approximate surface area is 126 Å². The third-order valence-corrected chi connectivity index (χ3v) is 4.28. The van der Waals surface area contributed by atoms with Gasteiger partial charge in [0.05, 0.1) is 10.6 Å². The van der Waals surface area contributed by atoms with Crippen LogP contribution in [0.3, 0.4) is 0 Å². The maximum Gasteiger partial charge on any atom is 0.320 e. The number of rotatable bonds is 6. The number of halogens is 1. The summed E-state index contributed by atoms with van der Waals surface area (Å²) in [4.78, 5) is 12.3. The largest absolute Gasteiger partial charge is 0.480 e. The number of hydrogen-bond acceptors (Lipinski definition) is 4. The summed E-state index contributed by atoms with van der Waals surface area (Å²) in [7, 11) is 0. The minimum absolute atomic E-state index is 0.0413. The Kier molecular flexibility index (Phi) is 4.86. The standard InChI is InChI=1S/C14H16ClNO3S/c1-8(2)12(14(17)18)16-13(9-4-3-7-19-9)10-5-6-11(15)20-10/h3-8,12-13,16H,1-2H3,(H,17,18). The van der Waals surface area contributed by atoms with Gasteiger partial charge in [0.1, 0.15) is 17.8 Å². The first kappa shape index (κ1) is 15.1. The molecule has 2 N–H and O–H groups in total. The monoisotopic (exact) mass is 313 g/mol. The van der Waals surface area contributed by atoms with Crippen molar-refractivity contribution in [1.82, 2.24) is 5.32 Å². The molecule has 0 spiro atoms. The fourth-order valence-corrected chi connectivity index (χ4v) is 3.10. The molecule has 2 heterocycles. The molecule has 0 saturated carbocycles. The average Bonchev–Trinajstić information content (AvgIpc) is 3.00. The lowest BCUT2D eigenvalue weighted by Gasteiger charge is -2.23. The van der Waals surface area contributed by atoms with Crippen LogP contribution in [0, 0.1) is 5.92 Å². The van der Waals surface area contributed by atoms with Crippen molar-refractivity contribution in [2.75, 3.05) is 0 Å². The maximum absolute atomic E-state index is 11.4. The number of carboxylic acid groups (broad SMARTS) is 1. The number of carbonyl (C=O) groups is 1. The van der Waals surface area contributed by atoms with Crippen molar-refractivity contribution in [2.24, 2.45) is 5.92 Å². The second-order valence-corrected chi connectivity index (χ2v) is 6.56. The van der Waals surface area contributed by atoms with Gasteiger partial charge in [0.25, 0.3) is 0 Å². The molecule has 0 amide bonds. The first-order valence-corrected chi connectivity index (χ1v) is 7.46. The maximum atomic E-state index is 11.4. The summed E-state index contributed by atoms with van der Waals surface area (Å²) in [6.45, 7) is 3.73. The average molecular weight is 314 g/mol. The molecule has 108 valence electrons. The van der Waals surface area contributed by atoms with Crippen LogP contribution in [0.4, 0.5) is 0 Å². The summed E-state index contributed by atoms with van der Waals surface area (Å²) in [6.07, 6.45) is 1.57. The predicted octanol–water partition coefficient (Wildman–Crippen LogP) is 3.78. The van der Waals surface area contributed by atoms with Crippen LogP contribution < -0.4 is 5.32 Å². The van der Waals surface area contributed by atoms with Gasteiger partial charge >= 0.3 is 5.97 Å². The van der Waals surface area contributed by atoms with E-state index in [9.17, 15) is 9.90 Å². The van der Waals surface area contributed by atoms with Gasteiger partial charge < -0.3 is 9.52 Å². The van der Waals surface area contributed by atoms with Crippen molar-refractivity contribution in [3.63, 3.8) is 0 Å². The Morgan fingerprint density at radius 1 is 1.40 bits per heavy atom. The molecule has 2 aromatic rings. The molecule has 0 saturated heterocycles. The number of furan rings is 1. The minimum atomic E-state index is -0.876. The molecule has 0 aromatic carbocycles. The molecular formula is C14H16ClNO3S. The summed E-state index contributed by atoms with van der Waals surface area (Å²) in [6, 6.07) is 6.31. The van der Waals surface area contributed by atoms with Crippen molar-refractivity contribution in [3.8, 4) is 0 Å². The number of carboxylic acids is 1. The molecule has 6 heteroatoms. The molecule has 0 fully saturated rings. The second kappa shape index (κ2) is 6.43. The summed E-state index contributed by atoms with van der Waals surface area (Å²) in [5, 5.41) is 12.5. The van der Waals surface area contributed by atoms with Gasteiger partial charge in [-0.05, 0) is 30.2 Å². The number of aliphatic carboxylic acids is 1. The highest BCUT2D eigenvalue weighted by atomic mass is 35.5. The molecule has 2 rings (SSSR count). The van der Waals surface area contributed by atoms with Crippen molar-refractivity contribution in [2.45, 2.75) is 25.9 Å². The molecule has 2 unspecified atom stereocenters. The van der Waals surface area contributed by atoms with E-state index in [1.165, 1.54) is 11.3 Å². The predicted molar refractivity (Wildman–Crippen MR) is 79.3 cm³/mol. The molecule has 0 bridgehead atoms. The van der Waals surface area contributed by atoms with E-state index in [1.807, 2.05) is 26.0 Å². The molecule has 0 aliphatic carbocycles. The molecule has 4 nitrogen and oxygen atoms in total. The van der Waals surface area contributed by atoms with Gasteiger partial charge in [0.15, 0.2) is 0 Å². The van der Waals surface area contributed by atoms with Crippen LogP contribution in [0.15, 0.2) is 34.9 Å². The summed E-state index contributed by atoms with van der Waals surface area (Å²) < 4.78 is 6.09. The highest BCUT2D eigenvalue weighted by Gasteiger charge is 2.28. The van der Waals surface area contributed by atoms with Crippen molar-refractivity contribution in [1.29, 1.82) is 0 Å². The zero-order valence-electron chi connectivity index (χ0n) is 11.2. The molecule has 0 radical (unpaired) electrons. The van der Waals surface area contributed by atoms with E-state index in [0.29, 0.717) is 10.1 Å². The van der Waals surface area contributed by atoms with Crippen LogP contribution in [-0.4, -0.2) is 17.1 Å². The van der Waals surface area contributed by atoms with E-state index in [0.717, 1.165) is 4.88 Å². The highest BCUT2D eigenvalue weighted by Crippen LogP contribution is 2.32. The number of thiophene rings is 1. The zero-order valence-corrected chi connectivity index (χ0v) is 12.7. The quantitative estimate of drug-likeness (QED) is 0.852. The Bertz CT molecular complexity index is 565. The number of nitrogens with one attached hydrogen (secondary N) is 1. The molecule has 2 atom stereocenters. The van der Waals surface area contributed by atoms with Gasteiger partial charge in [-0.25, -0.2) is 0 Å². The summed E-state index contributed by atoms with van der Waals surface area (Å²) in [5.41, 5.74) is 0. The fraction of sp³-hybridized carbons (Fsp3) is 0.357. The Hall–Kier alpha value is -1.30. The van der Waals surface area contributed by atoms with Crippen LogP contribution >= 0.6 is 22.9 Å². The van der Waals surface area contributed by atoms with Crippen LogP contribution in [0.25, 0.3) is 0 Å². The van der Waals surface area contributed by atoms with E-state index < -0.39 is 12.0 Å². The summed E-state index contributed by atoms with van der Waals surface area (Å²) >= 11 is 7.38. The lowest BCUT2D eigenvalue weighted by atomic mass is 10.0. The highest BCUT2D eigenvalue weighted by molar-refractivity contribution is 7.16. The van der Waals surface area contributed by atoms with Gasteiger partial charge in [-0.15, -0.1) is 11.3 Å². The lowest BCUT2D eigenvalue weighted by molar-refractivity contribution is -0.140. The SMILES string of the molecule is CC(C)C(NC(c1ccco1)c1ccc(Cl)s1)C(=O)O. The van der Waals surface area contributed by atoms with Crippen LogP contribution in [0.1, 0.15) is 30.5 Å². The fourth-order valence-electron chi connectivity index (χ4n) is 1.97. The van der Waals surface area contributed by atoms with E-state index >= 15 is 0 Å². The second-order valence-electron chi connectivity index (χ2n) is 4.82. The first-order valence-electron chi connectivity index (χ1n) is 6.26. The van der Waals surface area contributed by atoms with Gasteiger partial charge in [0, 0.05) is 4.88 Å². The van der Waals surface area contributed by atoms with Gasteiger partial charge in [-0.2, -0.15) is 0 Å². The van der Waals surface area contributed by atoms with Crippen molar-refractivity contribution in [3.05, 3.63) is 45.5 Å². The van der Waals surface area contributed by atoms with Gasteiger partial charge in [0.2, 0.25) is 0 Å². The Morgan fingerprint density at radius 2 is 2.15 bits per heavy atom. The van der Waals surface area contributed by atoms with E-state index in [1.54, 1.807) is 18.4 Å². The molecular weight excluding hydrogens is 298 g/mol. The lowest BCUT2D eigenvalue weighted by Crippen LogP contribution is -2.43. The molecule has 0 aliphatic rings. The van der Waals surface area contributed by atoms with Crippen LogP contribution in [0.2, 0.25) is 4.34 Å². The van der Waals surface area contributed by atoms with Crippen LogP contribution in [0.5, 0.6) is 0 Å². The summed E-state index contributed by atoms with van der Waals surface area (Å²) in [5.74, 6) is -0.241. The van der Waals surface area contributed by atoms with Gasteiger partial charge in [-0.1, -0.05) is 25.4 Å². The van der Waals surface area contributed by atoms with Gasteiger partial charge in [-0.3, -0.25) is 10.1 Å². The molecule has 0 aliphatic heterocycles. The number of hydrogen-bond donors (Lipinski definition) is 2. The first-order chi connectivity index (χ1) is 9.49. The van der Waals surface area contributed by atoms with Crippen molar-refractivity contribution < 1.29 is 14.3 Å². The van der Waals surface area contributed by atoms with E-state index in [-0.39, 0.29) is 12.0 Å². The molecule has 20 heavy (non-hydrogen) atoms. The minimum Gasteiger partial charge on any atom is -0.480 e.